The van der Waals surface area contributed by atoms with Gasteiger partial charge in [-0.3, -0.25) is 24.9 Å². The van der Waals surface area contributed by atoms with Crippen molar-refractivity contribution in [1.29, 1.82) is 0 Å². The maximum absolute atomic E-state index is 11.9. The van der Waals surface area contributed by atoms with Gasteiger partial charge in [0.05, 0.1) is 4.92 Å². The Morgan fingerprint density at radius 1 is 1.30 bits per heavy atom. The Kier molecular flexibility index (Phi) is 5.30. The van der Waals surface area contributed by atoms with E-state index in [9.17, 15) is 19.7 Å². The van der Waals surface area contributed by atoms with Crippen LogP contribution in [0.5, 0.6) is 0 Å². The van der Waals surface area contributed by atoms with Crippen molar-refractivity contribution in [1.82, 2.24) is 20.4 Å². The molecule has 0 bridgehead atoms. The predicted octanol–water partition coefficient (Wildman–Crippen LogP) is 1.57. The molecule has 1 saturated carbocycles. The monoisotopic (exact) mass is 323 g/mol. The van der Waals surface area contributed by atoms with Crippen molar-refractivity contribution in [2.75, 3.05) is 0 Å². The smallest absolute Gasteiger partial charge is 0.321 e. The molecule has 3 amide bonds. The molecule has 126 valence electrons. The number of carbonyl (C=O) groups is 2. The summed E-state index contributed by atoms with van der Waals surface area (Å²) < 4.78 is 1.23. The highest BCUT2D eigenvalue weighted by Gasteiger charge is 2.23. The van der Waals surface area contributed by atoms with Gasteiger partial charge < -0.3 is 5.32 Å². The lowest BCUT2D eigenvalue weighted by Crippen LogP contribution is -2.46. The third-order valence-electron chi connectivity index (χ3n) is 4.01. The minimum atomic E-state index is -0.557. The summed E-state index contributed by atoms with van der Waals surface area (Å²) in [7, 11) is 0. The molecular formula is C14H21N5O4. The summed E-state index contributed by atoms with van der Waals surface area (Å²) in [4.78, 5) is 34.1. The quantitative estimate of drug-likeness (QED) is 0.644. The van der Waals surface area contributed by atoms with Gasteiger partial charge in [0.15, 0.2) is 0 Å². The standard InChI is InChI=1S/C14H21N5O4/c1-9-13(19(22)23)10(2)18(17-9)8-12(20)16-14(21)15-11-6-4-3-5-7-11/h11H,3-8H2,1-2H3,(H2,15,16,20,21). The maximum atomic E-state index is 11.9. The Hall–Kier alpha value is -2.45. The molecule has 0 aliphatic heterocycles. The van der Waals surface area contributed by atoms with Crippen molar-refractivity contribution in [2.45, 2.75) is 58.5 Å². The normalized spacial score (nSPS) is 15.2. The van der Waals surface area contributed by atoms with E-state index in [0.717, 1.165) is 25.7 Å². The van der Waals surface area contributed by atoms with Crippen LogP contribution >= 0.6 is 0 Å². The Bertz CT molecular complexity index is 619. The van der Waals surface area contributed by atoms with Crippen LogP contribution in [0.15, 0.2) is 0 Å². The number of urea groups is 1. The number of carbonyl (C=O) groups excluding carboxylic acids is 2. The number of hydrogen-bond acceptors (Lipinski definition) is 5. The fraction of sp³-hybridized carbons (Fsp3) is 0.643. The van der Waals surface area contributed by atoms with Gasteiger partial charge in [-0.05, 0) is 26.7 Å². The molecule has 0 radical (unpaired) electrons. The third-order valence-corrected chi connectivity index (χ3v) is 4.01. The molecule has 0 saturated heterocycles. The second kappa shape index (κ2) is 7.21. The number of aryl methyl sites for hydroxylation is 1. The van der Waals surface area contributed by atoms with Gasteiger partial charge in [-0.25, -0.2) is 4.79 Å². The van der Waals surface area contributed by atoms with E-state index in [1.54, 1.807) is 0 Å². The van der Waals surface area contributed by atoms with Crippen LogP contribution in [0, 0.1) is 24.0 Å². The number of rotatable bonds is 4. The molecule has 0 aromatic carbocycles. The van der Waals surface area contributed by atoms with Gasteiger partial charge in [0.1, 0.15) is 17.9 Å². The first-order valence-corrected chi connectivity index (χ1v) is 7.67. The van der Waals surface area contributed by atoms with E-state index < -0.39 is 16.9 Å². The maximum Gasteiger partial charge on any atom is 0.321 e. The summed E-state index contributed by atoms with van der Waals surface area (Å²) in [5.41, 5.74) is 0.423. The largest absolute Gasteiger partial charge is 0.335 e. The molecule has 2 rings (SSSR count). The van der Waals surface area contributed by atoms with Crippen LogP contribution in [0.4, 0.5) is 10.5 Å². The zero-order valence-corrected chi connectivity index (χ0v) is 13.3. The Labute approximate surface area is 133 Å². The minimum absolute atomic E-state index is 0.103. The minimum Gasteiger partial charge on any atom is -0.335 e. The highest BCUT2D eigenvalue weighted by molar-refractivity contribution is 5.94. The van der Waals surface area contributed by atoms with Gasteiger partial charge in [-0.15, -0.1) is 0 Å². The lowest BCUT2D eigenvalue weighted by molar-refractivity contribution is -0.386. The number of nitro groups is 1. The van der Waals surface area contributed by atoms with Gasteiger partial charge >= 0.3 is 11.7 Å². The Balaban J connectivity index is 1.90. The molecular weight excluding hydrogens is 302 g/mol. The van der Waals surface area contributed by atoms with E-state index in [1.165, 1.54) is 25.0 Å². The third kappa shape index (κ3) is 4.27. The average molecular weight is 323 g/mol. The van der Waals surface area contributed by atoms with E-state index in [4.69, 9.17) is 0 Å². The number of hydrogen-bond donors (Lipinski definition) is 2. The molecule has 1 heterocycles. The van der Waals surface area contributed by atoms with Crippen molar-refractivity contribution in [2.24, 2.45) is 0 Å². The molecule has 1 aliphatic carbocycles. The Morgan fingerprint density at radius 3 is 2.52 bits per heavy atom. The summed E-state index contributed by atoms with van der Waals surface area (Å²) >= 11 is 0. The zero-order valence-electron chi connectivity index (χ0n) is 13.3. The molecule has 1 fully saturated rings. The summed E-state index contributed by atoms with van der Waals surface area (Å²) in [5, 5.41) is 19.9. The van der Waals surface area contributed by atoms with Crippen LogP contribution in [-0.4, -0.2) is 32.7 Å². The van der Waals surface area contributed by atoms with Gasteiger partial charge in [-0.2, -0.15) is 5.10 Å². The van der Waals surface area contributed by atoms with E-state index in [2.05, 4.69) is 15.7 Å². The summed E-state index contributed by atoms with van der Waals surface area (Å²) in [6.07, 6.45) is 5.18. The van der Waals surface area contributed by atoms with Crippen molar-refractivity contribution in [3.05, 3.63) is 21.5 Å². The molecule has 1 aromatic heterocycles. The number of imide groups is 1. The lowest BCUT2D eigenvalue weighted by atomic mass is 9.96. The fourth-order valence-electron chi connectivity index (χ4n) is 2.88. The first kappa shape index (κ1) is 16.9. The van der Waals surface area contributed by atoms with Crippen molar-refractivity contribution < 1.29 is 14.5 Å². The van der Waals surface area contributed by atoms with E-state index >= 15 is 0 Å². The topological polar surface area (TPSA) is 119 Å². The SMILES string of the molecule is Cc1nn(CC(=O)NC(=O)NC2CCCCC2)c(C)c1[N+](=O)[O-]. The highest BCUT2D eigenvalue weighted by Crippen LogP contribution is 2.21. The van der Waals surface area contributed by atoms with Crippen molar-refractivity contribution >= 4 is 17.6 Å². The summed E-state index contributed by atoms with van der Waals surface area (Å²) in [5.74, 6) is -0.557. The summed E-state index contributed by atoms with van der Waals surface area (Å²) in [6, 6.07) is -0.427. The molecule has 1 aliphatic rings. The molecule has 9 nitrogen and oxygen atoms in total. The highest BCUT2D eigenvalue weighted by atomic mass is 16.6. The van der Waals surface area contributed by atoms with Gasteiger partial charge in [0.2, 0.25) is 5.91 Å². The second-order valence-corrected chi connectivity index (χ2v) is 5.79. The van der Waals surface area contributed by atoms with Crippen LogP contribution < -0.4 is 10.6 Å². The Morgan fingerprint density at radius 2 is 1.96 bits per heavy atom. The molecule has 0 atom stereocenters. The van der Waals surface area contributed by atoms with E-state index in [0.29, 0.717) is 0 Å². The predicted molar refractivity (Wildman–Crippen MR) is 81.9 cm³/mol. The zero-order chi connectivity index (χ0) is 17.0. The van der Waals surface area contributed by atoms with Crippen LogP contribution in [0.2, 0.25) is 0 Å². The average Bonchev–Trinajstić information content (AvgIpc) is 2.73. The van der Waals surface area contributed by atoms with Crippen LogP contribution in [0.25, 0.3) is 0 Å². The first-order valence-electron chi connectivity index (χ1n) is 7.67. The molecule has 2 N–H and O–H groups in total. The molecule has 0 spiro atoms. The fourth-order valence-corrected chi connectivity index (χ4v) is 2.88. The second-order valence-electron chi connectivity index (χ2n) is 5.79. The van der Waals surface area contributed by atoms with Crippen LogP contribution in [-0.2, 0) is 11.3 Å². The molecule has 9 heteroatoms. The van der Waals surface area contributed by atoms with Gasteiger partial charge in [0.25, 0.3) is 0 Å². The molecule has 0 unspecified atom stereocenters. The van der Waals surface area contributed by atoms with Crippen LogP contribution in [0.3, 0.4) is 0 Å². The van der Waals surface area contributed by atoms with Gasteiger partial charge in [-0.1, -0.05) is 19.3 Å². The number of nitrogens with one attached hydrogen (secondary N) is 2. The van der Waals surface area contributed by atoms with E-state index in [-0.39, 0.29) is 29.7 Å². The molecule has 23 heavy (non-hydrogen) atoms. The molecule has 1 aromatic rings. The first-order chi connectivity index (χ1) is 10.9. The number of nitrogens with zero attached hydrogens (tertiary/aromatic N) is 3. The number of aromatic nitrogens is 2. The number of amides is 3. The van der Waals surface area contributed by atoms with E-state index in [1.807, 2.05) is 0 Å². The van der Waals surface area contributed by atoms with Crippen LogP contribution in [0.1, 0.15) is 43.5 Å². The van der Waals surface area contributed by atoms with Gasteiger partial charge in [0, 0.05) is 6.04 Å². The lowest BCUT2D eigenvalue weighted by Gasteiger charge is -2.22. The summed E-state index contributed by atoms with van der Waals surface area (Å²) in [6.45, 7) is 2.79. The van der Waals surface area contributed by atoms with Crippen molar-refractivity contribution in [3.8, 4) is 0 Å². The van der Waals surface area contributed by atoms with Crippen molar-refractivity contribution in [3.63, 3.8) is 0 Å².